The van der Waals surface area contributed by atoms with Crippen LogP contribution in [-0.2, 0) is 5.41 Å². The van der Waals surface area contributed by atoms with E-state index in [-0.39, 0.29) is 5.41 Å². The van der Waals surface area contributed by atoms with Gasteiger partial charge in [-0.2, -0.15) is 0 Å². The summed E-state index contributed by atoms with van der Waals surface area (Å²) in [6, 6.07) is 25.7. The van der Waals surface area contributed by atoms with Gasteiger partial charge in [-0.1, -0.05) is 152 Å². The third kappa shape index (κ3) is 6.95. The maximum atomic E-state index is 2.57. The molecule has 0 atom stereocenters. The van der Waals surface area contributed by atoms with E-state index in [1.165, 1.54) is 123 Å². The molecule has 0 heterocycles. The third-order valence-electron chi connectivity index (χ3n) is 9.27. The summed E-state index contributed by atoms with van der Waals surface area (Å²) < 4.78 is 0. The minimum atomic E-state index is 0.120. The molecule has 0 saturated heterocycles. The first-order chi connectivity index (χ1) is 19.1. The van der Waals surface area contributed by atoms with Gasteiger partial charge in [0.2, 0.25) is 0 Å². The van der Waals surface area contributed by atoms with Crippen LogP contribution in [0.4, 0.5) is 0 Å². The molecule has 0 fully saturated rings. The van der Waals surface area contributed by atoms with Gasteiger partial charge in [0.25, 0.3) is 0 Å². The lowest BCUT2D eigenvalue weighted by atomic mass is 9.70. The van der Waals surface area contributed by atoms with Gasteiger partial charge in [-0.05, 0) is 83.3 Å². The molecule has 0 heteroatoms. The van der Waals surface area contributed by atoms with Gasteiger partial charge in [0.05, 0.1) is 0 Å². The molecule has 0 saturated carbocycles. The quantitative estimate of drug-likeness (QED) is 0.165. The van der Waals surface area contributed by atoms with Crippen molar-refractivity contribution in [3.63, 3.8) is 0 Å². The van der Waals surface area contributed by atoms with Gasteiger partial charge in [0.15, 0.2) is 0 Å². The van der Waals surface area contributed by atoms with E-state index < -0.39 is 0 Å². The predicted molar refractivity (Wildman–Crippen MR) is 173 cm³/mol. The topological polar surface area (TPSA) is 0 Å². The van der Waals surface area contributed by atoms with E-state index in [4.69, 9.17) is 0 Å². The summed E-state index contributed by atoms with van der Waals surface area (Å²) in [5.74, 6) is 0. The highest BCUT2D eigenvalue weighted by Gasteiger charge is 2.42. The zero-order chi connectivity index (χ0) is 27.5. The molecule has 0 unspecified atom stereocenters. The molecule has 0 nitrogen and oxygen atoms in total. The smallest absolute Gasteiger partial charge is 0.0215 e. The highest BCUT2D eigenvalue weighted by molar-refractivity contribution is 5.85. The molecule has 0 aromatic heterocycles. The summed E-state index contributed by atoms with van der Waals surface area (Å²) in [6.07, 6.45) is 21.1. The standard InChI is InChI=1S/C39H52/c1-5-8-10-12-14-19-27-39(28-20-15-13-11-9-6-2)37-29-33(31(4)7-3)23-25-35(37)36-26-24-34(30-38(36)39)32-21-17-16-18-22-32/h7,16-18,21-26,29-30H,5-6,8-15,19-20,27-28H2,1-4H3. The second kappa shape index (κ2) is 14.7. The average Bonchev–Trinajstić information content (AvgIpc) is 3.25. The molecule has 3 aromatic rings. The highest BCUT2D eigenvalue weighted by atomic mass is 14.5. The Morgan fingerprint density at radius 3 is 1.72 bits per heavy atom. The molecular weight excluding hydrogens is 468 g/mol. The summed E-state index contributed by atoms with van der Waals surface area (Å²) >= 11 is 0. The molecule has 0 bridgehead atoms. The lowest BCUT2D eigenvalue weighted by Crippen LogP contribution is -2.26. The maximum absolute atomic E-state index is 2.57. The molecule has 1 aliphatic rings. The summed E-state index contributed by atoms with van der Waals surface area (Å²) in [7, 11) is 0. The number of hydrogen-bond donors (Lipinski definition) is 0. The SMILES string of the molecule is CC=C(C)c1ccc2c(c1)C(CCCCCCCC)(CCCCCCCC)c1cc(-c3ccccc3)ccc1-2. The molecule has 1 aliphatic carbocycles. The Bertz CT molecular complexity index is 1180. The Hall–Kier alpha value is -2.60. The van der Waals surface area contributed by atoms with Crippen LogP contribution in [0.3, 0.4) is 0 Å². The fourth-order valence-corrected chi connectivity index (χ4v) is 6.80. The number of hydrogen-bond acceptors (Lipinski definition) is 0. The van der Waals surface area contributed by atoms with Crippen molar-refractivity contribution in [3.8, 4) is 22.3 Å². The van der Waals surface area contributed by atoms with Crippen LogP contribution in [0.5, 0.6) is 0 Å². The van der Waals surface area contributed by atoms with Gasteiger partial charge in [0.1, 0.15) is 0 Å². The van der Waals surface area contributed by atoms with Crippen LogP contribution in [0.25, 0.3) is 27.8 Å². The van der Waals surface area contributed by atoms with Crippen molar-refractivity contribution in [2.75, 3.05) is 0 Å². The summed E-state index contributed by atoms with van der Waals surface area (Å²) in [6.45, 7) is 9.07. The summed E-state index contributed by atoms with van der Waals surface area (Å²) in [4.78, 5) is 0. The van der Waals surface area contributed by atoms with Gasteiger partial charge >= 0.3 is 0 Å². The molecule has 0 spiro atoms. The first kappa shape index (κ1) is 29.4. The monoisotopic (exact) mass is 520 g/mol. The predicted octanol–water partition coefficient (Wildman–Crippen LogP) is 12.5. The van der Waals surface area contributed by atoms with Gasteiger partial charge in [-0.25, -0.2) is 0 Å². The Morgan fingerprint density at radius 1 is 0.590 bits per heavy atom. The lowest BCUT2D eigenvalue weighted by Gasteiger charge is -2.33. The Morgan fingerprint density at radius 2 is 1.13 bits per heavy atom. The number of allylic oxidation sites excluding steroid dienone is 2. The van der Waals surface area contributed by atoms with Gasteiger partial charge in [-0.3, -0.25) is 0 Å². The molecule has 0 radical (unpaired) electrons. The van der Waals surface area contributed by atoms with Crippen molar-refractivity contribution < 1.29 is 0 Å². The van der Waals surface area contributed by atoms with Crippen molar-refractivity contribution in [1.82, 2.24) is 0 Å². The van der Waals surface area contributed by atoms with Crippen molar-refractivity contribution in [1.29, 1.82) is 0 Å². The zero-order valence-electron chi connectivity index (χ0n) is 25.3. The largest absolute Gasteiger partial charge is 0.0841 e. The zero-order valence-corrected chi connectivity index (χ0v) is 25.3. The van der Waals surface area contributed by atoms with Crippen molar-refractivity contribution in [2.24, 2.45) is 0 Å². The van der Waals surface area contributed by atoms with Crippen molar-refractivity contribution in [3.05, 3.63) is 89.5 Å². The minimum Gasteiger partial charge on any atom is -0.0841 e. The van der Waals surface area contributed by atoms with E-state index in [2.05, 4.69) is 101 Å². The maximum Gasteiger partial charge on any atom is 0.0215 e. The fourth-order valence-electron chi connectivity index (χ4n) is 6.80. The van der Waals surface area contributed by atoms with Crippen LogP contribution in [0.15, 0.2) is 72.8 Å². The van der Waals surface area contributed by atoms with Crippen LogP contribution >= 0.6 is 0 Å². The van der Waals surface area contributed by atoms with E-state index >= 15 is 0 Å². The Labute approximate surface area is 240 Å². The molecule has 208 valence electrons. The average molecular weight is 521 g/mol. The van der Waals surface area contributed by atoms with Crippen molar-refractivity contribution >= 4 is 5.57 Å². The molecule has 4 rings (SSSR count). The van der Waals surface area contributed by atoms with Crippen LogP contribution in [0, 0.1) is 0 Å². The Balaban J connectivity index is 1.75. The molecule has 0 N–H and O–H groups in total. The van der Waals surface area contributed by atoms with E-state index in [1.807, 2.05) is 0 Å². The second-order valence-corrected chi connectivity index (χ2v) is 12.0. The molecule has 0 amide bonds. The van der Waals surface area contributed by atoms with Crippen LogP contribution in [-0.4, -0.2) is 0 Å². The number of benzene rings is 3. The summed E-state index contributed by atoms with van der Waals surface area (Å²) in [5, 5.41) is 0. The first-order valence-corrected chi connectivity index (χ1v) is 16.1. The molecule has 39 heavy (non-hydrogen) atoms. The number of unbranched alkanes of at least 4 members (excludes halogenated alkanes) is 10. The van der Waals surface area contributed by atoms with Gasteiger partial charge in [0, 0.05) is 5.41 Å². The highest BCUT2D eigenvalue weighted by Crippen LogP contribution is 2.55. The minimum absolute atomic E-state index is 0.120. The van der Waals surface area contributed by atoms with Crippen LogP contribution in [0.1, 0.15) is 134 Å². The lowest BCUT2D eigenvalue weighted by molar-refractivity contribution is 0.398. The number of fused-ring (bicyclic) bond motifs is 3. The third-order valence-corrected chi connectivity index (χ3v) is 9.27. The van der Waals surface area contributed by atoms with Gasteiger partial charge in [-0.15, -0.1) is 0 Å². The van der Waals surface area contributed by atoms with Gasteiger partial charge < -0.3 is 0 Å². The molecular formula is C39H52. The molecule has 0 aliphatic heterocycles. The van der Waals surface area contributed by atoms with E-state index in [1.54, 1.807) is 11.1 Å². The van der Waals surface area contributed by atoms with E-state index in [9.17, 15) is 0 Å². The second-order valence-electron chi connectivity index (χ2n) is 12.0. The van der Waals surface area contributed by atoms with Crippen molar-refractivity contribution in [2.45, 2.75) is 123 Å². The normalized spacial score (nSPS) is 13.9. The van der Waals surface area contributed by atoms with Crippen LogP contribution < -0.4 is 0 Å². The van der Waals surface area contributed by atoms with Crippen LogP contribution in [0.2, 0.25) is 0 Å². The molecule has 3 aromatic carbocycles. The van der Waals surface area contributed by atoms with E-state index in [0.29, 0.717) is 0 Å². The van der Waals surface area contributed by atoms with E-state index in [0.717, 1.165) is 0 Å². The fraction of sp³-hybridized carbons (Fsp3) is 0.487. The number of rotatable bonds is 16. The first-order valence-electron chi connectivity index (χ1n) is 16.1. The summed E-state index contributed by atoms with van der Waals surface area (Å²) in [5.41, 5.74) is 11.7. The Kier molecular flexibility index (Phi) is 11.1.